The van der Waals surface area contributed by atoms with Crippen molar-refractivity contribution in [3.63, 3.8) is 0 Å². The van der Waals surface area contributed by atoms with Crippen LogP contribution in [0.5, 0.6) is 0 Å². The van der Waals surface area contributed by atoms with Crippen LogP contribution in [0.25, 0.3) is 5.69 Å². The van der Waals surface area contributed by atoms with Crippen LogP contribution < -0.4 is 5.73 Å². The fourth-order valence-corrected chi connectivity index (χ4v) is 3.48. The van der Waals surface area contributed by atoms with Gasteiger partial charge in [0.2, 0.25) is 0 Å². The largest absolute Gasteiger partial charge is 0.464 e. The zero-order valence-electron chi connectivity index (χ0n) is 12.3. The third kappa shape index (κ3) is 3.98. The molecule has 132 valence electrons. The highest BCUT2D eigenvalue weighted by Gasteiger charge is 2.30. The van der Waals surface area contributed by atoms with Crippen molar-refractivity contribution < 1.29 is 22.7 Å². The number of esters is 1. The lowest BCUT2D eigenvalue weighted by atomic mass is 10.2. The van der Waals surface area contributed by atoms with Crippen molar-refractivity contribution >= 4 is 46.6 Å². The number of hydrogen-bond acceptors (Lipinski definition) is 5. The fraction of sp³-hybridized carbons (Fsp3) is 0.143. The molecule has 25 heavy (non-hydrogen) atoms. The first kappa shape index (κ1) is 19.3. The van der Waals surface area contributed by atoms with Gasteiger partial charge in [-0.3, -0.25) is 0 Å². The number of methoxy groups -OCH3 is 1. The summed E-state index contributed by atoms with van der Waals surface area (Å²) in [5, 5.41) is 8.75. The van der Waals surface area contributed by atoms with Gasteiger partial charge in [0.1, 0.15) is 6.07 Å². The first-order valence-electron chi connectivity index (χ1n) is 6.33. The Morgan fingerprint density at radius 2 is 1.92 bits per heavy atom. The molecule has 0 bridgehead atoms. The van der Waals surface area contributed by atoms with Crippen LogP contribution in [0.15, 0.2) is 23.2 Å². The molecule has 0 saturated heterocycles. The van der Waals surface area contributed by atoms with Gasteiger partial charge in [-0.05, 0) is 23.9 Å². The highest BCUT2D eigenvalue weighted by molar-refractivity contribution is 8.00. The highest BCUT2D eigenvalue weighted by atomic mass is 35.5. The normalized spacial score (nSPS) is 11.2. The van der Waals surface area contributed by atoms with Gasteiger partial charge in [0.05, 0.1) is 34.1 Å². The first-order chi connectivity index (χ1) is 11.6. The standard InChI is InChI=1S/C14H8Cl2F3N3O2S/c1-24-13(23)12-10(21)6(4-20)5-22(12)11-8(15)2-7(3-9(11)16)25-14(17,18)19/h2-3,5H,21H2,1H3. The predicted octanol–water partition coefficient (Wildman–Crippen LogP) is 4.64. The average molecular weight is 410 g/mol. The monoisotopic (exact) mass is 409 g/mol. The maximum atomic E-state index is 12.5. The number of alkyl halides is 3. The van der Waals surface area contributed by atoms with Gasteiger partial charge in [-0.2, -0.15) is 18.4 Å². The van der Waals surface area contributed by atoms with Crippen molar-refractivity contribution in [1.82, 2.24) is 4.57 Å². The van der Waals surface area contributed by atoms with Gasteiger partial charge < -0.3 is 15.0 Å². The highest BCUT2D eigenvalue weighted by Crippen LogP contribution is 2.42. The zero-order chi connectivity index (χ0) is 18.9. The number of carbonyl (C=O) groups is 1. The number of nitrogens with zero attached hydrogens (tertiary/aromatic N) is 2. The van der Waals surface area contributed by atoms with Gasteiger partial charge >= 0.3 is 11.5 Å². The Morgan fingerprint density at radius 3 is 2.36 bits per heavy atom. The van der Waals surface area contributed by atoms with Gasteiger partial charge in [-0.1, -0.05) is 23.2 Å². The first-order valence-corrected chi connectivity index (χ1v) is 7.90. The summed E-state index contributed by atoms with van der Waals surface area (Å²) < 4.78 is 43.2. The van der Waals surface area contributed by atoms with E-state index in [1.54, 1.807) is 6.07 Å². The lowest BCUT2D eigenvalue weighted by Gasteiger charge is -2.14. The maximum absolute atomic E-state index is 12.5. The minimum Gasteiger partial charge on any atom is -0.464 e. The lowest BCUT2D eigenvalue weighted by molar-refractivity contribution is -0.0328. The van der Waals surface area contributed by atoms with Crippen molar-refractivity contribution in [2.75, 3.05) is 12.8 Å². The van der Waals surface area contributed by atoms with Crippen LogP contribution in [0, 0.1) is 11.3 Å². The summed E-state index contributed by atoms with van der Waals surface area (Å²) in [5.74, 6) is -0.861. The Kier molecular flexibility index (Phi) is 5.46. The van der Waals surface area contributed by atoms with Gasteiger partial charge in [0.25, 0.3) is 0 Å². The molecule has 0 fully saturated rings. The molecule has 0 aliphatic carbocycles. The molecular weight excluding hydrogens is 402 g/mol. The van der Waals surface area contributed by atoms with Crippen LogP contribution >= 0.6 is 35.0 Å². The molecular formula is C14H8Cl2F3N3O2S. The summed E-state index contributed by atoms with van der Waals surface area (Å²) in [6, 6.07) is 3.89. The summed E-state index contributed by atoms with van der Waals surface area (Å²) in [5.41, 5.74) is 0.838. The Hall–Kier alpha value is -2.02. The molecule has 1 heterocycles. The van der Waals surface area contributed by atoms with Crippen LogP contribution in [0.3, 0.4) is 0 Å². The molecule has 2 N–H and O–H groups in total. The van der Waals surface area contributed by atoms with Crippen LogP contribution in [0.4, 0.5) is 18.9 Å². The molecule has 2 rings (SSSR count). The number of benzene rings is 1. The van der Waals surface area contributed by atoms with Crippen LogP contribution in [0.1, 0.15) is 16.1 Å². The van der Waals surface area contributed by atoms with E-state index in [9.17, 15) is 18.0 Å². The quantitative estimate of drug-likeness (QED) is 0.589. The van der Waals surface area contributed by atoms with Gasteiger partial charge in [-0.15, -0.1) is 0 Å². The number of nitriles is 1. The predicted molar refractivity (Wildman–Crippen MR) is 88.2 cm³/mol. The summed E-state index contributed by atoms with van der Waals surface area (Å²) in [6.07, 6.45) is 1.20. The van der Waals surface area contributed by atoms with E-state index in [2.05, 4.69) is 4.74 Å². The summed E-state index contributed by atoms with van der Waals surface area (Å²) in [7, 11) is 1.11. The summed E-state index contributed by atoms with van der Waals surface area (Å²) in [6.45, 7) is 0. The SMILES string of the molecule is COC(=O)c1c(N)c(C#N)cn1-c1c(Cl)cc(SC(F)(F)F)cc1Cl. The van der Waals surface area contributed by atoms with Crippen molar-refractivity contribution in [2.24, 2.45) is 0 Å². The number of hydrogen-bond donors (Lipinski definition) is 1. The topological polar surface area (TPSA) is 81.0 Å². The molecule has 0 aliphatic heterocycles. The summed E-state index contributed by atoms with van der Waals surface area (Å²) >= 11 is 11.7. The van der Waals surface area contributed by atoms with E-state index in [1.807, 2.05) is 0 Å². The molecule has 1 aromatic carbocycles. The molecule has 0 amide bonds. The molecule has 0 radical (unpaired) electrons. The van der Waals surface area contributed by atoms with Crippen molar-refractivity contribution in [3.05, 3.63) is 39.6 Å². The van der Waals surface area contributed by atoms with Crippen LogP contribution in [-0.4, -0.2) is 23.2 Å². The van der Waals surface area contributed by atoms with E-state index in [0.717, 1.165) is 23.8 Å². The number of nitrogens with two attached hydrogens (primary N) is 1. The van der Waals surface area contributed by atoms with E-state index in [0.29, 0.717) is 0 Å². The maximum Gasteiger partial charge on any atom is 0.446 e. The van der Waals surface area contributed by atoms with E-state index in [-0.39, 0.29) is 49.3 Å². The summed E-state index contributed by atoms with van der Waals surface area (Å²) in [4.78, 5) is 11.7. The second kappa shape index (κ2) is 7.07. The second-order valence-electron chi connectivity index (χ2n) is 4.56. The van der Waals surface area contributed by atoms with Crippen molar-refractivity contribution in [2.45, 2.75) is 10.4 Å². The number of carbonyl (C=O) groups excluding carboxylic acids is 1. The smallest absolute Gasteiger partial charge is 0.446 e. The van der Waals surface area contributed by atoms with Crippen LogP contribution in [0.2, 0.25) is 10.0 Å². The third-order valence-electron chi connectivity index (χ3n) is 3.01. The molecule has 0 spiro atoms. The number of rotatable bonds is 3. The zero-order valence-corrected chi connectivity index (χ0v) is 14.6. The molecule has 1 aromatic heterocycles. The fourth-order valence-electron chi connectivity index (χ4n) is 2.06. The number of thioether (sulfide) groups is 1. The molecule has 0 atom stereocenters. The molecule has 0 aliphatic rings. The Bertz CT molecular complexity index is 868. The van der Waals surface area contributed by atoms with Gasteiger partial charge in [0.15, 0.2) is 5.69 Å². The number of aromatic nitrogens is 1. The molecule has 5 nitrogen and oxygen atoms in total. The van der Waals surface area contributed by atoms with E-state index in [4.69, 9.17) is 34.2 Å². The van der Waals surface area contributed by atoms with Gasteiger partial charge in [-0.25, -0.2) is 4.79 Å². The van der Waals surface area contributed by atoms with E-state index >= 15 is 0 Å². The second-order valence-corrected chi connectivity index (χ2v) is 6.51. The number of nitrogen functional groups attached to an aromatic ring is 1. The molecule has 2 aromatic rings. The van der Waals surface area contributed by atoms with E-state index < -0.39 is 11.5 Å². The number of halogens is 5. The minimum absolute atomic E-state index is 0.00320. The Balaban J connectivity index is 2.67. The average Bonchev–Trinajstić information content (AvgIpc) is 2.80. The van der Waals surface area contributed by atoms with E-state index in [1.165, 1.54) is 6.20 Å². The van der Waals surface area contributed by atoms with Gasteiger partial charge in [0, 0.05) is 11.1 Å². The number of anilines is 1. The Labute approximate surface area is 154 Å². The molecule has 0 saturated carbocycles. The molecule has 11 heteroatoms. The number of ether oxygens (including phenoxy) is 1. The van der Waals surface area contributed by atoms with Crippen molar-refractivity contribution in [3.8, 4) is 11.8 Å². The minimum atomic E-state index is -4.52. The third-order valence-corrected chi connectivity index (χ3v) is 4.29. The Morgan fingerprint density at radius 1 is 1.36 bits per heavy atom. The van der Waals surface area contributed by atoms with Crippen LogP contribution in [-0.2, 0) is 4.74 Å². The van der Waals surface area contributed by atoms with Crippen molar-refractivity contribution in [1.29, 1.82) is 5.26 Å². The molecule has 0 unspecified atom stereocenters. The lowest BCUT2D eigenvalue weighted by Crippen LogP contribution is -2.11.